The third-order valence-electron chi connectivity index (χ3n) is 4.94. The van der Waals surface area contributed by atoms with Gasteiger partial charge in [0.1, 0.15) is 0 Å². The molecule has 1 saturated heterocycles. The standard InChI is InChI=1S/C21H24N4O4/c1-23(2)21(27)16-7-5-15(6-8-16)14-22-20(26)18-13-17(25(28)29)9-10-19(18)24-11-3-4-12-24/h5-10,13H,3-4,11-12,14H2,1-2H3,(H,22,26). The first-order valence-electron chi connectivity index (χ1n) is 9.49. The van der Waals surface area contributed by atoms with Crippen LogP contribution < -0.4 is 10.2 Å². The van der Waals surface area contributed by atoms with Crippen LogP contribution in [0.25, 0.3) is 0 Å². The SMILES string of the molecule is CN(C)C(=O)c1ccc(CNC(=O)c2cc([N+](=O)[O-])ccc2N2CCCC2)cc1. The number of nitrogens with one attached hydrogen (secondary N) is 1. The monoisotopic (exact) mass is 396 g/mol. The smallest absolute Gasteiger partial charge is 0.270 e. The molecule has 2 aromatic carbocycles. The molecular weight excluding hydrogens is 372 g/mol. The summed E-state index contributed by atoms with van der Waals surface area (Å²) in [7, 11) is 3.38. The van der Waals surface area contributed by atoms with Crippen molar-refractivity contribution in [2.45, 2.75) is 19.4 Å². The Morgan fingerprint density at radius 2 is 1.76 bits per heavy atom. The zero-order chi connectivity index (χ0) is 21.0. The van der Waals surface area contributed by atoms with Crippen LogP contribution in [-0.2, 0) is 6.54 Å². The van der Waals surface area contributed by atoms with E-state index in [1.54, 1.807) is 44.4 Å². The number of anilines is 1. The van der Waals surface area contributed by atoms with Crippen molar-refractivity contribution in [3.63, 3.8) is 0 Å². The van der Waals surface area contributed by atoms with Gasteiger partial charge in [-0.3, -0.25) is 19.7 Å². The molecule has 0 aromatic heterocycles. The first-order chi connectivity index (χ1) is 13.9. The number of non-ortho nitro benzene ring substituents is 1. The number of carbonyl (C=O) groups excluding carboxylic acids is 2. The summed E-state index contributed by atoms with van der Waals surface area (Å²) in [6.45, 7) is 1.93. The lowest BCUT2D eigenvalue weighted by atomic mass is 10.1. The number of carbonyl (C=O) groups is 2. The maximum absolute atomic E-state index is 12.8. The van der Waals surface area contributed by atoms with E-state index >= 15 is 0 Å². The van der Waals surface area contributed by atoms with Crippen LogP contribution in [0.5, 0.6) is 0 Å². The van der Waals surface area contributed by atoms with E-state index in [0.29, 0.717) is 11.1 Å². The van der Waals surface area contributed by atoms with Gasteiger partial charge in [0.15, 0.2) is 0 Å². The summed E-state index contributed by atoms with van der Waals surface area (Å²) in [5.41, 5.74) is 2.32. The minimum absolute atomic E-state index is 0.0903. The van der Waals surface area contributed by atoms with Crippen molar-refractivity contribution >= 4 is 23.2 Å². The second-order valence-electron chi connectivity index (χ2n) is 7.23. The van der Waals surface area contributed by atoms with Gasteiger partial charge >= 0.3 is 0 Å². The molecule has 3 rings (SSSR count). The Labute approximate surface area is 169 Å². The van der Waals surface area contributed by atoms with Crippen LogP contribution in [0.2, 0.25) is 0 Å². The summed E-state index contributed by atoms with van der Waals surface area (Å²) in [6, 6.07) is 11.4. The van der Waals surface area contributed by atoms with E-state index in [9.17, 15) is 19.7 Å². The Kier molecular flexibility index (Phi) is 6.11. The van der Waals surface area contributed by atoms with Crippen LogP contribution in [0.4, 0.5) is 11.4 Å². The Morgan fingerprint density at radius 3 is 2.34 bits per heavy atom. The summed E-state index contributed by atoms with van der Waals surface area (Å²) < 4.78 is 0. The van der Waals surface area contributed by atoms with Gasteiger partial charge in [-0.2, -0.15) is 0 Å². The first-order valence-corrected chi connectivity index (χ1v) is 9.49. The highest BCUT2D eigenvalue weighted by molar-refractivity contribution is 6.00. The highest BCUT2D eigenvalue weighted by Crippen LogP contribution is 2.28. The van der Waals surface area contributed by atoms with E-state index < -0.39 is 4.92 Å². The van der Waals surface area contributed by atoms with E-state index in [0.717, 1.165) is 37.2 Å². The molecule has 1 aliphatic rings. The van der Waals surface area contributed by atoms with E-state index in [1.807, 2.05) is 0 Å². The van der Waals surface area contributed by atoms with Crippen molar-refractivity contribution in [1.29, 1.82) is 0 Å². The Bertz CT molecular complexity index is 919. The molecule has 152 valence electrons. The fraction of sp³-hybridized carbons (Fsp3) is 0.333. The minimum atomic E-state index is -0.495. The molecule has 1 heterocycles. The number of benzene rings is 2. The maximum Gasteiger partial charge on any atom is 0.270 e. The Balaban J connectivity index is 1.75. The van der Waals surface area contributed by atoms with Gasteiger partial charge in [0.25, 0.3) is 17.5 Å². The Morgan fingerprint density at radius 1 is 1.10 bits per heavy atom. The van der Waals surface area contributed by atoms with Gasteiger partial charge in [-0.1, -0.05) is 12.1 Å². The summed E-state index contributed by atoms with van der Waals surface area (Å²) in [5.74, 6) is -0.448. The quantitative estimate of drug-likeness (QED) is 0.598. The van der Waals surface area contributed by atoms with Gasteiger partial charge in [0.05, 0.1) is 16.2 Å². The van der Waals surface area contributed by atoms with Crippen molar-refractivity contribution in [3.05, 3.63) is 69.3 Å². The predicted molar refractivity (Wildman–Crippen MR) is 110 cm³/mol. The van der Waals surface area contributed by atoms with Gasteiger partial charge in [-0.25, -0.2) is 0 Å². The fourth-order valence-corrected chi connectivity index (χ4v) is 3.35. The number of hydrogen-bond donors (Lipinski definition) is 1. The van der Waals surface area contributed by atoms with Gasteiger partial charge in [0.2, 0.25) is 0 Å². The molecule has 0 radical (unpaired) electrons. The molecule has 0 saturated carbocycles. The van der Waals surface area contributed by atoms with Crippen LogP contribution in [0.3, 0.4) is 0 Å². The van der Waals surface area contributed by atoms with Crippen molar-refractivity contribution < 1.29 is 14.5 Å². The molecule has 1 aliphatic heterocycles. The number of nitro groups is 1. The number of nitro benzene ring substituents is 1. The van der Waals surface area contributed by atoms with Gasteiger partial charge < -0.3 is 15.1 Å². The summed E-state index contributed by atoms with van der Waals surface area (Å²) in [5, 5.41) is 14.0. The molecule has 2 aromatic rings. The fourth-order valence-electron chi connectivity index (χ4n) is 3.35. The molecule has 0 unspecified atom stereocenters. The molecule has 2 amide bonds. The van der Waals surface area contributed by atoms with Crippen LogP contribution in [0.1, 0.15) is 39.1 Å². The topological polar surface area (TPSA) is 95.8 Å². The average molecular weight is 396 g/mol. The summed E-state index contributed by atoms with van der Waals surface area (Å²) in [4.78, 5) is 39.0. The number of rotatable bonds is 6. The van der Waals surface area contributed by atoms with Crippen molar-refractivity contribution in [3.8, 4) is 0 Å². The lowest BCUT2D eigenvalue weighted by Crippen LogP contribution is -2.27. The molecule has 0 bridgehead atoms. The molecular formula is C21H24N4O4. The third kappa shape index (κ3) is 4.71. The molecule has 0 atom stereocenters. The second-order valence-corrected chi connectivity index (χ2v) is 7.23. The van der Waals surface area contributed by atoms with Crippen LogP contribution in [0, 0.1) is 10.1 Å². The third-order valence-corrected chi connectivity index (χ3v) is 4.94. The predicted octanol–water partition coefficient (Wildman–Crippen LogP) is 2.83. The zero-order valence-electron chi connectivity index (χ0n) is 16.6. The minimum Gasteiger partial charge on any atom is -0.371 e. The highest BCUT2D eigenvalue weighted by Gasteiger charge is 2.22. The molecule has 8 nitrogen and oxygen atoms in total. The van der Waals surface area contributed by atoms with Gasteiger partial charge in [0, 0.05) is 51.4 Å². The van der Waals surface area contributed by atoms with Gasteiger partial charge in [-0.05, 0) is 36.6 Å². The van der Waals surface area contributed by atoms with Gasteiger partial charge in [-0.15, -0.1) is 0 Å². The molecule has 0 spiro atoms. The number of hydrogen-bond acceptors (Lipinski definition) is 5. The largest absolute Gasteiger partial charge is 0.371 e. The van der Waals surface area contributed by atoms with Crippen molar-refractivity contribution in [2.75, 3.05) is 32.1 Å². The number of amides is 2. The molecule has 8 heteroatoms. The molecule has 29 heavy (non-hydrogen) atoms. The van der Waals surface area contributed by atoms with E-state index in [1.165, 1.54) is 17.0 Å². The lowest BCUT2D eigenvalue weighted by Gasteiger charge is -2.21. The van der Waals surface area contributed by atoms with Crippen LogP contribution in [-0.4, -0.2) is 48.8 Å². The van der Waals surface area contributed by atoms with E-state index in [2.05, 4.69) is 10.2 Å². The van der Waals surface area contributed by atoms with Crippen LogP contribution >= 0.6 is 0 Å². The lowest BCUT2D eigenvalue weighted by molar-refractivity contribution is -0.384. The maximum atomic E-state index is 12.8. The normalized spacial score (nSPS) is 13.2. The molecule has 1 fully saturated rings. The molecule has 1 N–H and O–H groups in total. The molecule has 0 aliphatic carbocycles. The number of nitrogens with zero attached hydrogens (tertiary/aromatic N) is 3. The van der Waals surface area contributed by atoms with Crippen LogP contribution in [0.15, 0.2) is 42.5 Å². The first kappa shape index (κ1) is 20.3. The van der Waals surface area contributed by atoms with Crippen molar-refractivity contribution in [1.82, 2.24) is 10.2 Å². The summed E-state index contributed by atoms with van der Waals surface area (Å²) in [6.07, 6.45) is 2.08. The summed E-state index contributed by atoms with van der Waals surface area (Å²) >= 11 is 0. The highest BCUT2D eigenvalue weighted by atomic mass is 16.6. The second kappa shape index (κ2) is 8.72. The zero-order valence-corrected chi connectivity index (χ0v) is 16.6. The van der Waals surface area contributed by atoms with E-state index in [-0.39, 0.29) is 24.0 Å². The van der Waals surface area contributed by atoms with Crippen molar-refractivity contribution in [2.24, 2.45) is 0 Å². The van der Waals surface area contributed by atoms with E-state index in [4.69, 9.17) is 0 Å². The average Bonchev–Trinajstić information content (AvgIpc) is 3.26. The Hall–Kier alpha value is -3.42.